The van der Waals surface area contributed by atoms with Crippen molar-refractivity contribution in [2.75, 3.05) is 0 Å². The maximum absolute atomic E-state index is 6.47. The van der Waals surface area contributed by atoms with E-state index in [4.69, 9.17) is 4.43 Å². The van der Waals surface area contributed by atoms with Crippen molar-refractivity contribution in [3.05, 3.63) is 35.9 Å². The van der Waals surface area contributed by atoms with Gasteiger partial charge in [0.25, 0.3) is 0 Å². The molecule has 0 saturated carbocycles. The van der Waals surface area contributed by atoms with Crippen molar-refractivity contribution in [3.63, 3.8) is 0 Å². The van der Waals surface area contributed by atoms with E-state index in [1.807, 2.05) is 0 Å². The van der Waals surface area contributed by atoms with Gasteiger partial charge in [0, 0.05) is 0 Å². The molecule has 1 nitrogen and oxygen atoms in total. The van der Waals surface area contributed by atoms with Crippen LogP contribution in [0, 0.1) is 5.41 Å². The lowest BCUT2D eigenvalue weighted by molar-refractivity contribution is -0.0524. The fraction of sp³-hybridized carbons (Fsp3) is 0.625. The van der Waals surface area contributed by atoms with Gasteiger partial charge >= 0.3 is 0 Å². The maximum atomic E-state index is 6.47. The second-order valence-electron chi connectivity index (χ2n) is 7.26. The molecule has 1 unspecified atom stereocenters. The Kier molecular flexibility index (Phi) is 3.23. The summed E-state index contributed by atoms with van der Waals surface area (Å²) >= 11 is 0. The fourth-order valence-electron chi connectivity index (χ4n) is 3.25. The summed E-state index contributed by atoms with van der Waals surface area (Å²) in [4.78, 5) is 0. The highest BCUT2D eigenvalue weighted by atomic mass is 28.4. The van der Waals surface area contributed by atoms with Crippen LogP contribution < -0.4 is 0 Å². The topological polar surface area (TPSA) is 9.23 Å². The first-order valence-corrected chi connectivity index (χ1v) is 10.0. The normalized spacial score (nSPS) is 28.9. The van der Waals surface area contributed by atoms with Crippen LogP contribution >= 0.6 is 0 Å². The average Bonchev–Trinajstić information content (AvgIpc) is 2.24. The molecule has 0 N–H and O–H groups in total. The van der Waals surface area contributed by atoms with E-state index in [1.54, 1.807) is 0 Å². The van der Waals surface area contributed by atoms with Gasteiger partial charge < -0.3 is 4.43 Å². The van der Waals surface area contributed by atoms with Gasteiger partial charge in [0.05, 0.1) is 5.60 Å². The molecular weight excluding hydrogens is 236 g/mol. The van der Waals surface area contributed by atoms with E-state index >= 15 is 0 Å². The summed E-state index contributed by atoms with van der Waals surface area (Å²) < 4.78 is 6.47. The van der Waals surface area contributed by atoms with E-state index in [9.17, 15) is 0 Å². The SMILES string of the molecule is CC1(C)O[Si](C)(C)CC(c2ccccc2)C1(C)C. The van der Waals surface area contributed by atoms with Gasteiger partial charge in [-0.05, 0) is 49.9 Å². The molecule has 0 aromatic heterocycles. The number of benzene rings is 1. The molecule has 18 heavy (non-hydrogen) atoms. The molecule has 1 aromatic rings. The van der Waals surface area contributed by atoms with Gasteiger partial charge in [-0.3, -0.25) is 0 Å². The Morgan fingerprint density at radius 1 is 1.06 bits per heavy atom. The maximum Gasteiger partial charge on any atom is 0.188 e. The molecule has 0 bridgehead atoms. The molecule has 1 fully saturated rings. The van der Waals surface area contributed by atoms with Gasteiger partial charge in [0.15, 0.2) is 8.32 Å². The minimum absolute atomic E-state index is 0.0541. The van der Waals surface area contributed by atoms with E-state index < -0.39 is 8.32 Å². The standard InChI is InChI=1S/C16H26OSi/c1-15(2)14(13-10-8-7-9-11-13)12-18(5,6)17-16(15,3)4/h7-11,14H,12H2,1-6H3. The first-order valence-electron chi connectivity index (χ1n) is 6.91. The Balaban J connectivity index is 2.44. The molecule has 1 saturated heterocycles. The minimum Gasteiger partial charge on any atom is -0.412 e. The lowest BCUT2D eigenvalue weighted by atomic mass is 9.66. The van der Waals surface area contributed by atoms with Crippen LogP contribution in [0.1, 0.15) is 39.2 Å². The lowest BCUT2D eigenvalue weighted by Gasteiger charge is -2.56. The summed E-state index contributed by atoms with van der Waals surface area (Å²) in [5.41, 5.74) is 1.58. The van der Waals surface area contributed by atoms with E-state index in [0.29, 0.717) is 5.92 Å². The zero-order valence-corrected chi connectivity index (χ0v) is 13.6. The van der Waals surface area contributed by atoms with Crippen molar-refractivity contribution in [1.29, 1.82) is 0 Å². The molecular formula is C16H26OSi. The van der Waals surface area contributed by atoms with Crippen LogP contribution in [-0.2, 0) is 4.43 Å². The summed E-state index contributed by atoms with van der Waals surface area (Å²) in [7, 11) is -1.56. The Hall–Kier alpha value is -0.603. The van der Waals surface area contributed by atoms with Crippen LogP contribution in [0.4, 0.5) is 0 Å². The van der Waals surface area contributed by atoms with Crippen molar-refractivity contribution in [2.45, 2.75) is 58.4 Å². The lowest BCUT2D eigenvalue weighted by Crippen LogP contribution is -2.58. The van der Waals surface area contributed by atoms with Gasteiger partial charge in [-0.25, -0.2) is 0 Å². The van der Waals surface area contributed by atoms with Gasteiger partial charge in [-0.2, -0.15) is 0 Å². The molecule has 1 atom stereocenters. The number of rotatable bonds is 1. The first-order chi connectivity index (χ1) is 8.16. The zero-order valence-electron chi connectivity index (χ0n) is 12.6. The van der Waals surface area contributed by atoms with Crippen molar-refractivity contribution in [3.8, 4) is 0 Å². The van der Waals surface area contributed by atoms with Gasteiger partial charge in [0.2, 0.25) is 0 Å². The Bertz CT molecular complexity index is 420. The Morgan fingerprint density at radius 2 is 1.61 bits per heavy atom. The van der Waals surface area contributed by atoms with Crippen LogP contribution in [-0.4, -0.2) is 13.9 Å². The molecule has 2 rings (SSSR count). The van der Waals surface area contributed by atoms with Crippen molar-refractivity contribution in [1.82, 2.24) is 0 Å². The molecule has 0 amide bonds. The molecule has 0 radical (unpaired) electrons. The van der Waals surface area contributed by atoms with E-state index in [-0.39, 0.29) is 11.0 Å². The largest absolute Gasteiger partial charge is 0.412 e. The molecule has 1 aromatic carbocycles. The van der Waals surface area contributed by atoms with E-state index in [1.165, 1.54) is 11.6 Å². The molecule has 1 aliphatic rings. The van der Waals surface area contributed by atoms with Crippen LogP contribution in [0.25, 0.3) is 0 Å². The van der Waals surface area contributed by atoms with Crippen molar-refractivity contribution < 1.29 is 4.43 Å². The summed E-state index contributed by atoms with van der Waals surface area (Å²) in [5.74, 6) is 0.601. The first kappa shape index (κ1) is 13.8. The molecule has 1 aliphatic heterocycles. The second-order valence-corrected chi connectivity index (χ2v) is 11.4. The van der Waals surface area contributed by atoms with Crippen LogP contribution in [0.5, 0.6) is 0 Å². The highest BCUT2D eigenvalue weighted by Crippen LogP contribution is 2.54. The average molecular weight is 262 g/mol. The van der Waals surface area contributed by atoms with Crippen LogP contribution in [0.2, 0.25) is 19.1 Å². The third-order valence-electron chi connectivity index (χ3n) is 4.85. The molecule has 100 valence electrons. The second kappa shape index (κ2) is 4.21. The van der Waals surface area contributed by atoms with Gasteiger partial charge in [-0.15, -0.1) is 0 Å². The third-order valence-corrected chi connectivity index (χ3v) is 7.31. The monoisotopic (exact) mass is 262 g/mol. The predicted molar refractivity (Wildman–Crippen MR) is 80.4 cm³/mol. The highest BCUT2D eigenvalue weighted by Gasteiger charge is 2.53. The van der Waals surface area contributed by atoms with Gasteiger partial charge in [0.1, 0.15) is 0 Å². The molecule has 0 spiro atoms. The smallest absolute Gasteiger partial charge is 0.188 e. The summed E-state index contributed by atoms with van der Waals surface area (Å²) in [5, 5.41) is 0. The summed E-state index contributed by atoms with van der Waals surface area (Å²) in [6.45, 7) is 13.9. The summed E-state index contributed by atoms with van der Waals surface area (Å²) in [6.07, 6.45) is 0. The summed E-state index contributed by atoms with van der Waals surface area (Å²) in [6, 6.07) is 12.2. The number of hydrogen-bond donors (Lipinski definition) is 0. The Labute approximate surface area is 113 Å². The van der Waals surface area contributed by atoms with Crippen LogP contribution in [0.3, 0.4) is 0 Å². The minimum atomic E-state index is -1.56. The molecule has 0 aliphatic carbocycles. The van der Waals surface area contributed by atoms with Crippen molar-refractivity contribution >= 4 is 8.32 Å². The van der Waals surface area contributed by atoms with Crippen molar-refractivity contribution in [2.24, 2.45) is 5.41 Å². The fourth-order valence-corrected chi connectivity index (χ4v) is 6.71. The number of hydrogen-bond acceptors (Lipinski definition) is 1. The van der Waals surface area contributed by atoms with E-state index in [2.05, 4.69) is 71.1 Å². The predicted octanol–water partition coefficient (Wildman–Crippen LogP) is 4.81. The zero-order chi connectivity index (χ0) is 13.6. The molecule has 1 heterocycles. The van der Waals surface area contributed by atoms with E-state index in [0.717, 1.165) is 0 Å². The van der Waals surface area contributed by atoms with Crippen LogP contribution in [0.15, 0.2) is 30.3 Å². The highest BCUT2D eigenvalue weighted by molar-refractivity contribution is 6.71. The molecule has 2 heteroatoms. The quantitative estimate of drug-likeness (QED) is 0.660. The third kappa shape index (κ3) is 2.28. The Morgan fingerprint density at radius 3 is 2.17 bits per heavy atom. The van der Waals surface area contributed by atoms with Gasteiger partial charge in [-0.1, -0.05) is 44.2 Å².